The van der Waals surface area contributed by atoms with Gasteiger partial charge in [0.1, 0.15) is 5.75 Å². The molecule has 0 amide bonds. The number of ether oxygens (including phenoxy) is 3. The molecule has 26 heavy (non-hydrogen) atoms. The van der Waals surface area contributed by atoms with Crippen LogP contribution in [-0.4, -0.2) is 20.2 Å². The van der Waals surface area contributed by atoms with Crippen LogP contribution in [0.5, 0.6) is 17.2 Å². The van der Waals surface area contributed by atoms with E-state index in [0.29, 0.717) is 11.5 Å². The van der Waals surface area contributed by atoms with Gasteiger partial charge < -0.3 is 14.2 Å². The van der Waals surface area contributed by atoms with Crippen molar-refractivity contribution in [1.29, 1.82) is 0 Å². The van der Waals surface area contributed by atoms with Gasteiger partial charge in [0.2, 0.25) is 0 Å². The van der Waals surface area contributed by atoms with Crippen LogP contribution in [0.1, 0.15) is 25.0 Å². The molecule has 2 aromatic rings. The van der Waals surface area contributed by atoms with E-state index in [0.717, 1.165) is 17.7 Å². The van der Waals surface area contributed by atoms with E-state index in [4.69, 9.17) is 14.2 Å². The highest BCUT2D eigenvalue weighted by atomic mass is 16.6. The third-order valence-electron chi connectivity index (χ3n) is 3.34. The smallest absolute Gasteiger partial charge is 0.308 e. The van der Waals surface area contributed by atoms with Crippen molar-refractivity contribution in [2.45, 2.75) is 20.3 Å². The Hall–Kier alpha value is -3.01. The topological polar surface area (TPSA) is 44.8 Å². The Bertz CT molecular complexity index is 730. The largest absolute Gasteiger partial charge is 0.497 e. The van der Waals surface area contributed by atoms with Crippen LogP contribution < -0.4 is 14.2 Å². The molecule has 138 valence electrons. The molecule has 0 bridgehead atoms. The van der Waals surface area contributed by atoms with Gasteiger partial charge in [-0.05, 0) is 48.7 Å². The van der Waals surface area contributed by atoms with Crippen molar-refractivity contribution in [1.82, 2.24) is 0 Å². The maximum Gasteiger partial charge on any atom is 0.308 e. The van der Waals surface area contributed by atoms with Crippen LogP contribution in [0.25, 0.3) is 6.08 Å². The van der Waals surface area contributed by atoms with Gasteiger partial charge in [0.15, 0.2) is 11.5 Å². The number of rotatable bonds is 6. The molecule has 0 N–H and O–H groups in total. The summed E-state index contributed by atoms with van der Waals surface area (Å²) in [6.45, 7) is 7.02. The van der Waals surface area contributed by atoms with E-state index in [9.17, 15) is 4.79 Å². The number of methoxy groups -OCH3 is 2. The summed E-state index contributed by atoms with van der Waals surface area (Å²) >= 11 is 0. The molecule has 0 saturated heterocycles. The van der Waals surface area contributed by atoms with Crippen molar-refractivity contribution in [2.75, 3.05) is 14.2 Å². The average Bonchev–Trinajstić information content (AvgIpc) is 2.64. The predicted octanol–water partition coefficient (Wildman–Crippen LogP) is 5.08. The third-order valence-corrected chi connectivity index (χ3v) is 3.34. The summed E-state index contributed by atoms with van der Waals surface area (Å²) in [6.07, 6.45) is 6.64. The maximum absolute atomic E-state index is 10.8. The zero-order chi connectivity index (χ0) is 19.4. The van der Waals surface area contributed by atoms with Crippen molar-refractivity contribution in [3.05, 3.63) is 72.3 Å². The second-order valence-electron chi connectivity index (χ2n) is 5.34. The molecule has 4 nitrogen and oxygen atoms in total. The number of benzene rings is 2. The van der Waals surface area contributed by atoms with Crippen LogP contribution in [0.4, 0.5) is 0 Å². The number of esters is 1. The van der Waals surface area contributed by atoms with Crippen molar-refractivity contribution >= 4 is 12.0 Å². The summed E-state index contributed by atoms with van der Waals surface area (Å²) in [4.78, 5) is 10.8. The fraction of sp³-hybridized carbons (Fsp3) is 0.227. The molecule has 0 saturated carbocycles. The van der Waals surface area contributed by atoms with Gasteiger partial charge in [0.05, 0.1) is 14.2 Å². The average molecular weight is 354 g/mol. The van der Waals surface area contributed by atoms with Gasteiger partial charge in [-0.15, -0.1) is 6.58 Å². The Labute approximate surface area is 155 Å². The molecule has 0 aliphatic carbocycles. The van der Waals surface area contributed by atoms with Crippen LogP contribution >= 0.6 is 0 Å². The predicted molar refractivity (Wildman–Crippen MR) is 106 cm³/mol. The molecule has 0 spiro atoms. The molecular weight excluding hydrogens is 328 g/mol. The Kier molecular flexibility index (Phi) is 9.33. The first-order valence-electron chi connectivity index (χ1n) is 8.27. The van der Waals surface area contributed by atoms with E-state index in [2.05, 4.69) is 12.7 Å². The third kappa shape index (κ3) is 7.26. The van der Waals surface area contributed by atoms with E-state index < -0.39 is 0 Å². The van der Waals surface area contributed by atoms with Gasteiger partial charge in [-0.3, -0.25) is 4.79 Å². The number of carbonyl (C=O) groups is 1. The van der Waals surface area contributed by atoms with Crippen LogP contribution in [0, 0.1) is 0 Å². The summed E-state index contributed by atoms with van der Waals surface area (Å²) in [7, 11) is 3.21. The van der Waals surface area contributed by atoms with Gasteiger partial charge in [0.25, 0.3) is 0 Å². The fourth-order valence-electron chi connectivity index (χ4n) is 2.15. The standard InChI is InChI=1S/C12H14O3.C10H12O/c1-4-5-10-6-7-11(15-9(2)13)12(8-10)14-3;1-3-4-9-5-7-10(11-2)8-6-9/h4,6-8H,1,5H2,2-3H3;3-8H,1-2H3. The van der Waals surface area contributed by atoms with E-state index in [1.165, 1.54) is 12.5 Å². The lowest BCUT2D eigenvalue weighted by atomic mass is 10.1. The van der Waals surface area contributed by atoms with Gasteiger partial charge in [-0.25, -0.2) is 0 Å². The quantitative estimate of drug-likeness (QED) is 0.412. The molecule has 2 rings (SSSR count). The monoisotopic (exact) mass is 354 g/mol. The van der Waals surface area contributed by atoms with E-state index in [1.807, 2.05) is 49.4 Å². The van der Waals surface area contributed by atoms with Crippen LogP contribution in [0.3, 0.4) is 0 Å². The minimum absolute atomic E-state index is 0.357. The molecule has 2 aromatic carbocycles. The first kappa shape index (κ1) is 21.0. The van der Waals surface area contributed by atoms with Crippen LogP contribution in [0.2, 0.25) is 0 Å². The van der Waals surface area contributed by atoms with E-state index >= 15 is 0 Å². The summed E-state index contributed by atoms with van der Waals surface area (Å²) in [5.74, 6) is 1.55. The van der Waals surface area contributed by atoms with Crippen molar-refractivity contribution in [2.24, 2.45) is 0 Å². The molecule has 0 atom stereocenters. The maximum atomic E-state index is 10.8. The highest BCUT2D eigenvalue weighted by Crippen LogP contribution is 2.28. The Morgan fingerprint density at radius 2 is 1.73 bits per heavy atom. The summed E-state index contributed by atoms with van der Waals surface area (Å²) in [5, 5.41) is 0. The Morgan fingerprint density at radius 3 is 2.23 bits per heavy atom. The van der Waals surface area contributed by atoms with Gasteiger partial charge in [-0.1, -0.05) is 36.4 Å². The molecule has 0 radical (unpaired) electrons. The highest BCUT2D eigenvalue weighted by molar-refractivity contribution is 5.70. The van der Waals surface area contributed by atoms with E-state index in [1.54, 1.807) is 26.4 Å². The lowest BCUT2D eigenvalue weighted by Gasteiger charge is -2.08. The van der Waals surface area contributed by atoms with Crippen LogP contribution in [-0.2, 0) is 11.2 Å². The molecule has 0 aliphatic rings. The normalized spacial score (nSPS) is 9.85. The van der Waals surface area contributed by atoms with Gasteiger partial charge >= 0.3 is 5.97 Å². The summed E-state index contributed by atoms with van der Waals surface area (Å²) in [6, 6.07) is 13.4. The molecule has 0 aromatic heterocycles. The number of carbonyl (C=O) groups excluding carboxylic acids is 1. The van der Waals surface area contributed by atoms with Crippen molar-refractivity contribution < 1.29 is 19.0 Å². The number of hydrogen-bond acceptors (Lipinski definition) is 4. The molecule has 0 heterocycles. The second-order valence-corrected chi connectivity index (χ2v) is 5.34. The molecule has 4 heteroatoms. The molecular formula is C22H26O4. The minimum Gasteiger partial charge on any atom is -0.497 e. The van der Waals surface area contributed by atoms with Crippen molar-refractivity contribution in [3.63, 3.8) is 0 Å². The van der Waals surface area contributed by atoms with E-state index in [-0.39, 0.29) is 5.97 Å². The number of hydrogen-bond donors (Lipinski definition) is 0. The number of allylic oxidation sites excluding steroid dienone is 2. The van der Waals surface area contributed by atoms with Crippen LogP contribution in [0.15, 0.2) is 61.2 Å². The molecule has 0 fully saturated rings. The first-order valence-corrected chi connectivity index (χ1v) is 8.27. The fourth-order valence-corrected chi connectivity index (χ4v) is 2.15. The zero-order valence-electron chi connectivity index (χ0n) is 15.8. The molecule has 0 aliphatic heterocycles. The SMILES string of the molecule is C=CCc1ccc(OC(C)=O)c(OC)c1.CC=Cc1ccc(OC)cc1. The minimum atomic E-state index is -0.357. The Morgan fingerprint density at radius 1 is 1.04 bits per heavy atom. The lowest BCUT2D eigenvalue weighted by Crippen LogP contribution is -2.03. The first-order chi connectivity index (χ1) is 12.5. The highest BCUT2D eigenvalue weighted by Gasteiger charge is 2.07. The summed E-state index contributed by atoms with van der Waals surface area (Å²) < 4.78 is 15.1. The van der Waals surface area contributed by atoms with Gasteiger partial charge in [0, 0.05) is 6.92 Å². The molecule has 0 unspecified atom stereocenters. The zero-order valence-corrected chi connectivity index (χ0v) is 15.8. The summed E-state index contributed by atoms with van der Waals surface area (Å²) in [5.41, 5.74) is 2.27. The van der Waals surface area contributed by atoms with Crippen molar-refractivity contribution in [3.8, 4) is 17.2 Å². The van der Waals surface area contributed by atoms with Gasteiger partial charge in [-0.2, -0.15) is 0 Å². The Balaban J connectivity index is 0.000000273. The lowest BCUT2D eigenvalue weighted by molar-refractivity contribution is -0.132. The second kappa shape index (κ2) is 11.5.